The normalized spacial score (nSPS) is 22.4. The molecule has 4 atom stereocenters. The highest BCUT2D eigenvalue weighted by Crippen LogP contribution is 2.28. The van der Waals surface area contributed by atoms with E-state index in [0.29, 0.717) is 25.9 Å². The Bertz CT molecular complexity index is 811. The topological polar surface area (TPSA) is 93.3 Å². The summed E-state index contributed by atoms with van der Waals surface area (Å²) < 4.78 is 0. The summed E-state index contributed by atoms with van der Waals surface area (Å²) in [6, 6.07) is -2.11. The Kier molecular flexibility index (Phi) is 9.96. The number of nitrogens with one attached hydrogen (secondary N) is 1. The highest BCUT2D eigenvalue weighted by atomic mass is 16.2. The van der Waals surface area contributed by atoms with Gasteiger partial charge in [-0.1, -0.05) is 27.7 Å². The van der Waals surface area contributed by atoms with Gasteiger partial charge in [-0.05, 0) is 72.4 Å². The van der Waals surface area contributed by atoms with Crippen molar-refractivity contribution in [2.24, 2.45) is 11.8 Å². The molecule has 0 spiro atoms. The Labute approximate surface area is 217 Å². The highest BCUT2D eigenvalue weighted by Gasteiger charge is 2.45. The number of hydrogen-bond acceptors (Lipinski definition) is 5. The molecule has 2 saturated heterocycles. The molecule has 9 heteroatoms. The minimum absolute atomic E-state index is 0.0883. The molecule has 0 aromatic rings. The fourth-order valence-corrected chi connectivity index (χ4v) is 5.75. The number of carbonyl (C=O) groups is 4. The second-order valence-corrected chi connectivity index (χ2v) is 12.4. The van der Waals surface area contributed by atoms with E-state index in [1.54, 1.807) is 21.7 Å². The Morgan fingerprint density at radius 2 is 1.31 bits per heavy atom. The molecule has 2 fully saturated rings. The van der Waals surface area contributed by atoms with E-state index in [1.807, 2.05) is 67.5 Å². The van der Waals surface area contributed by atoms with Crippen LogP contribution in [0.25, 0.3) is 0 Å². The molecule has 9 nitrogen and oxygen atoms in total. The van der Waals surface area contributed by atoms with Crippen LogP contribution in [-0.4, -0.2) is 107 Å². The largest absolute Gasteiger partial charge is 0.350 e. The Hall–Kier alpha value is -2.16. The maximum absolute atomic E-state index is 13.9. The summed E-state index contributed by atoms with van der Waals surface area (Å²) in [6.45, 7) is 14.6. The molecule has 4 amide bonds. The zero-order valence-corrected chi connectivity index (χ0v) is 24.1. The van der Waals surface area contributed by atoms with E-state index in [1.165, 1.54) is 0 Å². The van der Waals surface area contributed by atoms with Crippen LogP contribution in [0, 0.1) is 11.8 Å². The van der Waals surface area contributed by atoms with E-state index in [-0.39, 0.29) is 47.0 Å². The lowest BCUT2D eigenvalue weighted by Crippen LogP contribution is -2.59. The van der Waals surface area contributed by atoms with E-state index in [2.05, 4.69) is 5.32 Å². The lowest BCUT2D eigenvalue weighted by Gasteiger charge is -2.39. The van der Waals surface area contributed by atoms with Crippen molar-refractivity contribution in [1.29, 1.82) is 0 Å². The van der Waals surface area contributed by atoms with Crippen LogP contribution in [-0.2, 0) is 19.2 Å². The first kappa shape index (κ1) is 30.1. The van der Waals surface area contributed by atoms with Crippen molar-refractivity contribution in [2.75, 3.05) is 34.2 Å². The molecule has 0 bridgehead atoms. The minimum Gasteiger partial charge on any atom is -0.350 e. The average molecular weight is 508 g/mol. The van der Waals surface area contributed by atoms with E-state index in [4.69, 9.17) is 0 Å². The zero-order valence-electron chi connectivity index (χ0n) is 24.1. The van der Waals surface area contributed by atoms with Gasteiger partial charge in [0.1, 0.15) is 18.1 Å². The molecule has 0 aliphatic carbocycles. The number of nitrogens with zero attached hydrogens (tertiary/aromatic N) is 4. The first-order chi connectivity index (χ1) is 16.6. The molecule has 36 heavy (non-hydrogen) atoms. The van der Waals surface area contributed by atoms with Gasteiger partial charge in [0.15, 0.2) is 0 Å². The fourth-order valence-electron chi connectivity index (χ4n) is 5.75. The van der Waals surface area contributed by atoms with Crippen molar-refractivity contribution in [3.8, 4) is 0 Å². The second-order valence-electron chi connectivity index (χ2n) is 12.4. The van der Waals surface area contributed by atoms with Crippen LogP contribution in [0.4, 0.5) is 0 Å². The van der Waals surface area contributed by atoms with Gasteiger partial charge in [0.25, 0.3) is 0 Å². The van der Waals surface area contributed by atoms with Gasteiger partial charge < -0.3 is 20.0 Å². The predicted octanol–water partition coefficient (Wildman–Crippen LogP) is 1.95. The third kappa shape index (κ3) is 6.78. The summed E-state index contributed by atoms with van der Waals surface area (Å²) in [5, 5.41) is 3.00. The molecule has 2 aliphatic rings. The molecular weight excluding hydrogens is 458 g/mol. The van der Waals surface area contributed by atoms with Crippen molar-refractivity contribution >= 4 is 23.6 Å². The van der Waals surface area contributed by atoms with Gasteiger partial charge in [0, 0.05) is 25.7 Å². The first-order valence-electron chi connectivity index (χ1n) is 13.4. The number of likely N-dealkylation sites (tertiary alicyclic amines) is 2. The molecule has 2 aliphatic heterocycles. The summed E-state index contributed by atoms with van der Waals surface area (Å²) in [5.74, 6) is -0.606. The van der Waals surface area contributed by atoms with Crippen LogP contribution in [0.2, 0.25) is 0 Å². The van der Waals surface area contributed by atoms with E-state index in [0.717, 1.165) is 12.8 Å². The lowest BCUT2D eigenvalue weighted by molar-refractivity contribution is -0.153. The summed E-state index contributed by atoms with van der Waals surface area (Å²) in [6.07, 6.45) is 2.69. The van der Waals surface area contributed by atoms with E-state index >= 15 is 0 Å². The number of rotatable bonds is 8. The maximum atomic E-state index is 13.9. The summed E-state index contributed by atoms with van der Waals surface area (Å²) in [5.41, 5.74) is -0.383. The molecule has 1 N–H and O–H groups in total. The quantitative estimate of drug-likeness (QED) is 0.542. The monoisotopic (exact) mass is 507 g/mol. The summed E-state index contributed by atoms with van der Waals surface area (Å²) in [7, 11) is 5.45. The fraction of sp³-hybridized carbons (Fsp3) is 0.852. The lowest BCUT2D eigenvalue weighted by atomic mass is 9.96. The molecule has 206 valence electrons. The van der Waals surface area contributed by atoms with Crippen molar-refractivity contribution < 1.29 is 19.2 Å². The smallest absolute Gasteiger partial charge is 0.246 e. The molecule has 2 heterocycles. The molecule has 0 radical (unpaired) electrons. The number of likely N-dealkylation sites (N-methyl/N-ethyl adjacent to an activating group) is 2. The van der Waals surface area contributed by atoms with Crippen LogP contribution in [0.1, 0.15) is 74.1 Å². The maximum Gasteiger partial charge on any atom is 0.246 e. The van der Waals surface area contributed by atoms with Crippen molar-refractivity contribution in [3.05, 3.63) is 0 Å². The molecule has 0 unspecified atom stereocenters. The van der Waals surface area contributed by atoms with Crippen molar-refractivity contribution in [1.82, 2.24) is 24.9 Å². The highest BCUT2D eigenvalue weighted by molar-refractivity contribution is 5.95. The molecule has 0 saturated carbocycles. The van der Waals surface area contributed by atoms with Crippen LogP contribution in [0.5, 0.6) is 0 Å². The van der Waals surface area contributed by atoms with Gasteiger partial charge in [-0.25, -0.2) is 0 Å². The molecule has 2 rings (SSSR count). The van der Waals surface area contributed by atoms with Crippen LogP contribution in [0.15, 0.2) is 0 Å². The van der Waals surface area contributed by atoms with Crippen molar-refractivity contribution in [3.63, 3.8) is 0 Å². The molecule has 0 aromatic carbocycles. The molecule has 0 aromatic heterocycles. The number of amides is 4. The third-order valence-corrected chi connectivity index (χ3v) is 7.25. The van der Waals surface area contributed by atoms with Gasteiger partial charge in [0.2, 0.25) is 23.6 Å². The number of carbonyl (C=O) groups excluding carboxylic acids is 4. The Morgan fingerprint density at radius 1 is 0.806 bits per heavy atom. The minimum atomic E-state index is -0.661. The van der Waals surface area contributed by atoms with Gasteiger partial charge in [-0.15, -0.1) is 0 Å². The van der Waals surface area contributed by atoms with Crippen LogP contribution in [0.3, 0.4) is 0 Å². The van der Waals surface area contributed by atoms with Gasteiger partial charge in [0.05, 0.1) is 6.04 Å². The van der Waals surface area contributed by atoms with Crippen molar-refractivity contribution in [2.45, 2.75) is 104 Å². The van der Waals surface area contributed by atoms with Crippen LogP contribution < -0.4 is 5.32 Å². The van der Waals surface area contributed by atoms with Crippen LogP contribution >= 0.6 is 0 Å². The third-order valence-electron chi connectivity index (χ3n) is 7.25. The van der Waals surface area contributed by atoms with Gasteiger partial charge >= 0.3 is 0 Å². The van der Waals surface area contributed by atoms with Gasteiger partial charge in [-0.3, -0.25) is 24.1 Å². The van der Waals surface area contributed by atoms with Gasteiger partial charge in [-0.2, -0.15) is 0 Å². The first-order valence-corrected chi connectivity index (χ1v) is 13.4. The van der Waals surface area contributed by atoms with E-state index < -0.39 is 18.1 Å². The summed E-state index contributed by atoms with van der Waals surface area (Å²) in [4.78, 5) is 60.7. The second kappa shape index (κ2) is 11.9. The Balaban J connectivity index is 2.25. The SMILES string of the molecule is CC(C)[C@@H](C(=O)N(C)[C@H](C(=O)N1CCC[C@H]1C(=O)N1CCC[C@H]1C(=O)NC(C)(C)C)C(C)C)N(C)C. The Morgan fingerprint density at radius 3 is 1.78 bits per heavy atom. The standard InChI is InChI=1S/C27H49N5O4/c1-17(2)21(29(8)9)25(35)30(10)22(18(3)4)26(36)32-16-12-14-20(32)24(34)31-15-11-13-19(31)23(33)28-27(5,6)7/h17-22H,11-16H2,1-10H3,(H,28,33)/t19-,20-,21-,22-/m0/s1. The summed E-state index contributed by atoms with van der Waals surface area (Å²) >= 11 is 0. The molecular formula is C27H49N5O4. The van der Waals surface area contributed by atoms with E-state index in [9.17, 15) is 19.2 Å². The predicted molar refractivity (Wildman–Crippen MR) is 141 cm³/mol. The average Bonchev–Trinajstić information content (AvgIpc) is 3.41. The number of hydrogen-bond donors (Lipinski definition) is 1. The zero-order chi connectivity index (χ0) is 27.5.